The Kier molecular flexibility index (Phi) is 6.69. The van der Waals surface area contributed by atoms with Gasteiger partial charge in [-0.25, -0.2) is 13.4 Å². The summed E-state index contributed by atoms with van der Waals surface area (Å²) in [5.41, 5.74) is 1.65. The van der Waals surface area contributed by atoms with Gasteiger partial charge in [0.25, 0.3) is 0 Å². The van der Waals surface area contributed by atoms with Crippen molar-refractivity contribution in [2.24, 2.45) is 5.41 Å². The fraction of sp³-hybridized carbons (Fsp3) is 0.560. The van der Waals surface area contributed by atoms with Crippen LogP contribution in [0.4, 0.5) is 5.82 Å². The van der Waals surface area contributed by atoms with Gasteiger partial charge in [0.05, 0.1) is 13.2 Å². The highest BCUT2D eigenvalue weighted by Crippen LogP contribution is 2.42. The van der Waals surface area contributed by atoms with Crippen molar-refractivity contribution in [3.63, 3.8) is 0 Å². The fourth-order valence-electron chi connectivity index (χ4n) is 5.38. The number of hydrogen-bond acceptors (Lipinski definition) is 6. The second-order valence-electron chi connectivity index (χ2n) is 9.62. The first-order valence-corrected chi connectivity index (χ1v) is 13.5. The molecular formula is C25H34N4O3S. The lowest BCUT2D eigenvalue weighted by atomic mass is 9.71. The molecular weight excluding hydrogens is 436 g/mol. The Bertz CT molecular complexity index is 1010. The van der Waals surface area contributed by atoms with Gasteiger partial charge in [0.1, 0.15) is 10.7 Å². The molecule has 1 aromatic carbocycles. The monoisotopic (exact) mass is 470 g/mol. The Morgan fingerprint density at radius 3 is 2.15 bits per heavy atom. The second kappa shape index (κ2) is 9.70. The highest BCUT2D eigenvalue weighted by atomic mass is 32.2. The van der Waals surface area contributed by atoms with Crippen molar-refractivity contribution >= 4 is 15.8 Å². The van der Waals surface area contributed by atoms with E-state index >= 15 is 0 Å². The maximum Gasteiger partial charge on any atom is 0.244 e. The highest BCUT2D eigenvalue weighted by Gasteiger charge is 2.40. The lowest BCUT2D eigenvalue weighted by Crippen LogP contribution is -2.48. The van der Waals surface area contributed by atoms with E-state index in [0.29, 0.717) is 31.2 Å². The minimum absolute atomic E-state index is 0.289. The van der Waals surface area contributed by atoms with E-state index in [2.05, 4.69) is 45.1 Å². The predicted octanol–water partition coefficient (Wildman–Crippen LogP) is 2.99. The molecule has 178 valence electrons. The molecule has 0 saturated carbocycles. The van der Waals surface area contributed by atoms with E-state index in [1.54, 1.807) is 10.4 Å². The first kappa shape index (κ1) is 22.8. The van der Waals surface area contributed by atoms with Crippen LogP contribution in [0, 0.1) is 5.41 Å². The van der Waals surface area contributed by atoms with Gasteiger partial charge in [-0.3, -0.25) is 4.90 Å². The third-order valence-electron chi connectivity index (χ3n) is 7.64. The molecule has 0 radical (unpaired) electrons. The molecule has 8 heteroatoms. The van der Waals surface area contributed by atoms with E-state index < -0.39 is 10.0 Å². The third kappa shape index (κ3) is 5.09. The summed E-state index contributed by atoms with van der Waals surface area (Å²) in [6.45, 7) is 7.33. The quantitative estimate of drug-likeness (QED) is 0.669. The van der Waals surface area contributed by atoms with Gasteiger partial charge in [-0.1, -0.05) is 30.3 Å². The summed E-state index contributed by atoms with van der Waals surface area (Å²) >= 11 is 0. The summed E-state index contributed by atoms with van der Waals surface area (Å²) in [5, 5.41) is 0. The number of morpholine rings is 1. The van der Waals surface area contributed by atoms with Crippen LogP contribution >= 0.6 is 0 Å². The van der Waals surface area contributed by atoms with Crippen LogP contribution in [0.1, 0.15) is 31.2 Å². The van der Waals surface area contributed by atoms with E-state index in [0.717, 1.165) is 64.2 Å². The standard InChI is InChI=1S/C25H34N4O3S/c30-33(31,23-6-7-24(26-20-23)28-16-18-32-19-17-28)29-14-10-25(11-15-29)8-12-27(13-9-25)21-22-4-2-1-3-5-22/h1-7,20H,8-19,21H2. The van der Waals surface area contributed by atoms with Crippen LogP contribution < -0.4 is 4.90 Å². The molecule has 2 aromatic rings. The van der Waals surface area contributed by atoms with E-state index in [1.165, 1.54) is 11.8 Å². The van der Waals surface area contributed by atoms with E-state index in [1.807, 2.05) is 6.07 Å². The highest BCUT2D eigenvalue weighted by molar-refractivity contribution is 7.89. The van der Waals surface area contributed by atoms with Crippen molar-refractivity contribution < 1.29 is 13.2 Å². The number of benzene rings is 1. The molecule has 5 rings (SSSR count). The number of sulfonamides is 1. The molecule has 0 unspecified atom stereocenters. The maximum atomic E-state index is 13.2. The third-order valence-corrected chi connectivity index (χ3v) is 9.52. The summed E-state index contributed by atoms with van der Waals surface area (Å²) in [4.78, 5) is 9.41. The van der Waals surface area contributed by atoms with Crippen LogP contribution in [-0.4, -0.2) is 75.1 Å². The molecule has 3 aliphatic rings. The Labute approximate surface area is 197 Å². The minimum atomic E-state index is -3.50. The van der Waals surface area contributed by atoms with Crippen LogP contribution in [0.25, 0.3) is 0 Å². The number of rotatable bonds is 5. The molecule has 3 saturated heterocycles. The van der Waals surface area contributed by atoms with Crippen LogP contribution in [0.15, 0.2) is 53.6 Å². The second-order valence-corrected chi connectivity index (χ2v) is 11.6. The average Bonchev–Trinajstić information content (AvgIpc) is 2.87. The molecule has 0 aliphatic carbocycles. The SMILES string of the molecule is O=S(=O)(c1ccc(N2CCOCC2)nc1)N1CCC2(CCN(Cc3ccccc3)CC2)CC1. The number of likely N-dealkylation sites (tertiary alicyclic amines) is 1. The summed E-state index contributed by atoms with van der Waals surface area (Å²) in [7, 11) is -3.50. The summed E-state index contributed by atoms with van der Waals surface area (Å²) < 4.78 is 33.5. The maximum absolute atomic E-state index is 13.2. The van der Waals surface area contributed by atoms with Crippen LogP contribution in [0.3, 0.4) is 0 Å². The van der Waals surface area contributed by atoms with Crippen LogP contribution in [-0.2, 0) is 21.3 Å². The first-order chi connectivity index (χ1) is 16.0. The van der Waals surface area contributed by atoms with Gasteiger partial charge in [0.2, 0.25) is 10.0 Å². The van der Waals surface area contributed by atoms with Crippen molar-refractivity contribution in [1.29, 1.82) is 0 Å². The Morgan fingerprint density at radius 1 is 0.848 bits per heavy atom. The number of piperidine rings is 2. The largest absolute Gasteiger partial charge is 0.378 e. The number of hydrogen-bond donors (Lipinski definition) is 0. The topological polar surface area (TPSA) is 66.0 Å². The van der Waals surface area contributed by atoms with Crippen molar-refractivity contribution in [2.45, 2.75) is 37.1 Å². The summed E-state index contributed by atoms with van der Waals surface area (Å²) in [5.74, 6) is 0.817. The molecule has 1 aromatic heterocycles. The molecule has 0 N–H and O–H groups in total. The van der Waals surface area contributed by atoms with Gasteiger partial charge in [-0.15, -0.1) is 0 Å². The number of aromatic nitrogens is 1. The fourth-order valence-corrected chi connectivity index (χ4v) is 6.77. The van der Waals surface area contributed by atoms with E-state index in [4.69, 9.17) is 4.74 Å². The van der Waals surface area contributed by atoms with Crippen molar-refractivity contribution in [3.8, 4) is 0 Å². The molecule has 33 heavy (non-hydrogen) atoms. The van der Waals surface area contributed by atoms with Crippen LogP contribution in [0.2, 0.25) is 0 Å². The molecule has 7 nitrogen and oxygen atoms in total. The van der Waals surface area contributed by atoms with E-state index in [9.17, 15) is 8.42 Å². The van der Waals surface area contributed by atoms with Gasteiger partial charge in [0.15, 0.2) is 0 Å². The molecule has 3 fully saturated rings. The molecule has 1 spiro atoms. The van der Waals surface area contributed by atoms with Crippen molar-refractivity contribution in [1.82, 2.24) is 14.2 Å². The number of nitrogens with zero attached hydrogens (tertiary/aromatic N) is 4. The van der Waals surface area contributed by atoms with Gasteiger partial charge in [0, 0.05) is 38.9 Å². The molecule has 0 amide bonds. The zero-order valence-electron chi connectivity index (χ0n) is 19.2. The molecule has 4 heterocycles. The zero-order chi connectivity index (χ0) is 22.7. The van der Waals surface area contributed by atoms with E-state index in [-0.39, 0.29) is 5.41 Å². The van der Waals surface area contributed by atoms with Crippen LogP contribution in [0.5, 0.6) is 0 Å². The molecule has 0 bridgehead atoms. The van der Waals surface area contributed by atoms with Crippen molar-refractivity contribution in [3.05, 3.63) is 54.2 Å². The Hall–Kier alpha value is -2.00. The minimum Gasteiger partial charge on any atom is -0.378 e. The number of pyridine rings is 1. The average molecular weight is 471 g/mol. The normalized spacial score (nSPS) is 22.5. The summed E-state index contributed by atoms with van der Waals surface area (Å²) in [6.07, 6.45) is 5.73. The Morgan fingerprint density at radius 2 is 1.52 bits per heavy atom. The van der Waals surface area contributed by atoms with Gasteiger partial charge < -0.3 is 9.64 Å². The number of anilines is 1. The molecule has 0 atom stereocenters. The lowest BCUT2D eigenvalue weighted by molar-refractivity contribution is 0.0529. The van der Waals surface area contributed by atoms with Gasteiger partial charge >= 0.3 is 0 Å². The van der Waals surface area contributed by atoms with Gasteiger partial charge in [-0.05, 0) is 61.9 Å². The smallest absolute Gasteiger partial charge is 0.244 e. The van der Waals surface area contributed by atoms with Crippen molar-refractivity contribution in [2.75, 3.05) is 57.4 Å². The predicted molar refractivity (Wildman–Crippen MR) is 129 cm³/mol. The zero-order valence-corrected chi connectivity index (χ0v) is 20.0. The lowest BCUT2D eigenvalue weighted by Gasteiger charge is -2.46. The summed E-state index contributed by atoms with van der Waals surface area (Å²) in [6, 6.07) is 14.2. The first-order valence-electron chi connectivity index (χ1n) is 12.1. The Balaban J connectivity index is 1.16. The number of ether oxygens (including phenoxy) is 1. The van der Waals surface area contributed by atoms with Gasteiger partial charge in [-0.2, -0.15) is 4.31 Å². The molecule has 3 aliphatic heterocycles.